The van der Waals surface area contributed by atoms with Crippen LogP contribution < -0.4 is 0 Å². The summed E-state index contributed by atoms with van der Waals surface area (Å²) < 4.78 is 10.3. The number of amides is 1. The summed E-state index contributed by atoms with van der Waals surface area (Å²) in [4.78, 5) is 24.8. The summed E-state index contributed by atoms with van der Waals surface area (Å²) in [5, 5.41) is 3.83. The van der Waals surface area contributed by atoms with E-state index in [2.05, 4.69) is 5.16 Å². The maximum absolute atomic E-state index is 12.0. The Labute approximate surface area is 118 Å². The summed E-state index contributed by atoms with van der Waals surface area (Å²) in [6.07, 6.45) is 5.05. The molecule has 0 atom stereocenters. The molecule has 0 aromatic carbocycles. The Bertz CT molecular complexity index is 493. The molecule has 1 aromatic heterocycles. The molecule has 2 rings (SSSR count). The smallest absolute Gasteiger partial charge is 0.360 e. The highest BCUT2D eigenvalue weighted by molar-refractivity contribution is 5.89. The maximum atomic E-state index is 12.0. The molecule has 0 aliphatic heterocycles. The van der Waals surface area contributed by atoms with Gasteiger partial charge in [-0.05, 0) is 19.3 Å². The third kappa shape index (κ3) is 3.37. The fraction of sp³-hybridized carbons (Fsp3) is 0.643. The fourth-order valence-electron chi connectivity index (χ4n) is 2.24. The van der Waals surface area contributed by atoms with Gasteiger partial charge in [-0.3, -0.25) is 4.79 Å². The third-order valence-corrected chi connectivity index (χ3v) is 3.44. The average molecular weight is 280 g/mol. The minimum Gasteiger partial charge on any atom is -0.460 e. The lowest BCUT2D eigenvalue weighted by Crippen LogP contribution is -2.23. The van der Waals surface area contributed by atoms with Crippen LogP contribution >= 0.6 is 0 Å². The lowest BCUT2D eigenvalue weighted by atomic mass is 10.1. The van der Waals surface area contributed by atoms with E-state index in [-0.39, 0.29) is 24.6 Å². The minimum atomic E-state index is -0.497. The first-order valence-electron chi connectivity index (χ1n) is 6.94. The van der Waals surface area contributed by atoms with Crippen LogP contribution in [0.15, 0.2) is 4.52 Å². The number of carbonyl (C=O) groups excluding carboxylic acids is 2. The van der Waals surface area contributed by atoms with E-state index in [1.807, 2.05) is 0 Å². The van der Waals surface area contributed by atoms with Gasteiger partial charge in [-0.15, -0.1) is 0 Å². The molecule has 1 aromatic rings. The Kier molecular flexibility index (Phi) is 4.76. The van der Waals surface area contributed by atoms with Gasteiger partial charge in [0.15, 0.2) is 5.69 Å². The molecule has 0 fully saturated rings. The van der Waals surface area contributed by atoms with E-state index < -0.39 is 5.97 Å². The summed E-state index contributed by atoms with van der Waals surface area (Å²) in [5.74, 6) is 0.235. The SMILES string of the molecule is CN(C)C(=O)CCOC(=O)c1noc2c1CCCCC2. The molecule has 1 heterocycles. The molecule has 20 heavy (non-hydrogen) atoms. The molecular weight excluding hydrogens is 260 g/mol. The summed E-state index contributed by atoms with van der Waals surface area (Å²) in [6.45, 7) is 0.0669. The molecule has 1 aliphatic rings. The van der Waals surface area contributed by atoms with Crippen molar-refractivity contribution in [3.8, 4) is 0 Å². The van der Waals surface area contributed by atoms with Crippen LogP contribution in [0.1, 0.15) is 47.5 Å². The molecule has 6 heteroatoms. The van der Waals surface area contributed by atoms with Gasteiger partial charge < -0.3 is 14.2 Å². The monoisotopic (exact) mass is 280 g/mol. The van der Waals surface area contributed by atoms with Crippen LogP contribution in [-0.2, 0) is 22.4 Å². The second kappa shape index (κ2) is 6.54. The summed E-state index contributed by atoms with van der Waals surface area (Å²) in [6, 6.07) is 0. The van der Waals surface area contributed by atoms with Crippen LogP contribution in [0.25, 0.3) is 0 Å². The molecule has 0 bridgehead atoms. The van der Waals surface area contributed by atoms with Crippen molar-refractivity contribution in [3.63, 3.8) is 0 Å². The summed E-state index contributed by atoms with van der Waals surface area (Å²) in [7, 11) is 3.34. The first-order chi connectivity index (χ1) is 9.59. The zero-order valence-electron chi connectivity index (χ0n) is 12.0. The number of fused-ring (bicyclic) bond motifs is 1. The van der Waals surface area contributed by atoms with E-state index >= 15 is 0 Å². The van der Waals surface area contributed by atoms with Crippen LogP contribution in [0.3, 0.4) is 0 Å². The van der Waals surface area contributed by atoms with Gasteiger partial charge >= 0.3 is 5.97 Å². The van der Waals surface area contributed by atoms with Crippen LogP contribution in [-0.4, -0.2) is 42.6 Å². The predicted octanol–water partition coefficient (Wildman–Crippen LogP) is 1.58. The van der Waals surface area contributed by atoms with Gasteiger partial charge in [0, 0.05) is 26.1 Å². The average Bonchev–Trinajstić information content (AvgIpc) is 2.67. The molecule has 6 nitrogen and oxygen atoms in total. The lowest BCUT2D eigenvalue weighted by Gasteiger charge is -2.09. The number of hydrogen-bond acceptors (Lipinski definition) is 5. The minimum absolute atomic E-state index is 0.0669. The number of aromatic nitrogens is 1. The van der Waals surface area contributed by atoms with Crippen LogP contribution in [0.5, 0.6) is 0 Å². The van der Waals surface area contributed by atoms with Gasteiger partial charge in [0.1, 0.15) is 12.4 Å². The summed E-state index contributed by atoms with van der Waals surface area (Å²) >= 11 is 0. The second-order valence-electron chi connectivity index (χ2n) is 5.17. The Morgan fingerprint density at radius 1 is 1.25 bits per heavy atom. The standard InChI is InChI=1S/C14H20N2O4/c1-16(2)12(17)8-9-19-14(18)13-10-6-4-3-5-7-11(10)20-15-13/h3-9H2,1-2H3. The molecular formula is C14H20N2O4. The largest absolute Gasteiger partial charge is 0.460 e. The van der Waals surface area contributed by atoms with E-state index in [0.717, 1.165) is 43.4 Å². The fourth-order valence-corrected chi connectivity index (χ4v) is 2.24. The summed E-state index contributed by atoms with van der Waals surface area (Å²) in [5.41, 5.74) is 1.16. The Balaban J connectivity index is 1.93. The molecule has 0 radical (unpaired) electrons. The van der Waals surface area contributed by atoms with Gasteiger partial charge in [-0.1, -0.05) is 11.6 Å². The third-order valence-electron chi connectivity index (χ3n) is 3.44. The molecule has 0 spiro atoms. The molecule has 0 saturated heterocycles. The number of carbonyl (C=O) groups is 2. The first-order valence-corrected chi connectivity index (χ1v) is 6.94. The van der Waals surface area contributed by atoms with E-state index in [4.69, 9.17) is 9.26 Å². The molecule has 0 N–H and O–H groups in total. The molecule has 110 valence electrons. The Morgan fingerprint density at radius 3 is 2.75 bits per heavy atom. The number of ether oxygens (including phenoxy) is 1. The zero-order chi connectivity index (χ0) is 14.5. The van der Waals surface area contributed by atoms with Crippen molar-refractivity contribution in [3.05, 3.63) is 17.0 Å². The van der Waals surface area contributed by atoms with E-state index in [1.165, 1.54) is 4.90 Å². The zero-order valence-corrected chi connectivity index (χ0v) is 12.0. The van der Waals surface area contributed by atoms with Crippen molar-refractivity contribution in [1.29, 1.82) is 0 Å². The van der Waals surface area contributed by atoms with Crippen molar-refractivity contribution in [2.45, 2.75) is 38.5 Å². The van der Waals surface area contributed by atoms with Gasteiger partial charge in [0.05, 0.1) is 6.42 Å². The van der Waals surface area contributed by atoms with E-state index in [9.17, 15) is 9.59 Å². The van der Waals surface area contributed by atoms with Crippen LogP contribution in [0, 0.1) is 0 Å². The van der Waals surface area contributed by atoms with Gasteiger partial charge in [-0.2, -0.15) is 0 Å². The predicted molar refractivity (Wildman–Crippen MR) is 71.4 cm³/mol. The van der Waals surface area contributed by atoms with Crippen molar-refractivity contribution in [2.24, 2.45) is 0 Å². The Morgan fingerprint density at radius 2 is 2.00 bits per heavy atom. The second-order valence-corrected chi connectivity index (χ2v) is 5.17. The quantitative estimate of drug-likeness (QED) is 0.618. The number of nitrogens with zero attached hydrogens (tertiary/aromatic N) is 2. The Hall–Kier alpha value is -1.85. The first kappa shape index (κ1) is 14.6. The van der Waals surface area contributed by atoms with Crippen LogP contribution in [0.2, 0.25) is 0 Å². The number of hydrogen-bond donors (Lipinski definition) is 0. The highest BCUT2D eigenvalue weighted by Gasteiger charge is 2.24. The van der Waals surface area contributed by atoms with E-state index in [0.29, 0.717) is 0 Å². The van der Waals surface area contributed by atoms with Gasteiger partial charge in [0.2, 0.25) is 5.91 Å². The van der Waals surface area contributed by atoms with Crippen molar-refractivity contribution in [1.82, 2.24) is 10.1 Å². The molecule has 1 aliphatic carbocycles. The van der Waals surface area contributed by atoms with Crippen molar-refractivity contribution < 1.29 is 18.8 Å². The van der Waals surface area contributed by atoms with Gasteiger partial charge in [0.25, 0.3) is 0 Å². The number of esters is 1. The lowest BCUT2D eigenvalue weighted by molar-refractivity contribution is -0.129. The maximum Gasteiger partial charge on any atom is 0.360 e. The highest BCUT2D eigenvalue weighted by Crippen LogP contribution is 2.24. The van der Waals surface area contributed by atoms with Gasteiger partial charge in [-0.25, -0.2) is 4.79 Å². The molecule has 1 amide bonds. The number of rotatable bonds is 4. The van der Waals surface area contributed by atoms with Crippen LogP contribution in [0.4, 0.5) is 0 Å². The topological polar surface area (TPSA) is 72.6 Å². The van der Waals surface area contributed by atoms with E-state index in [1.54, 1.807) is 14.1 Å². The van der Waals surface area contributed by atoms with Crippen molar-refractivity contribution in [2.75, 3.05) is 20.7 Å². The highest BCUT2D eigenvalue weighted by atomic mass is 16.5. The number of aryl methyl sites for hydroxylation is 1. The molecule has 0 unspecified atom stereocenters. The normalized spacial score (nSPS) is 14.3. The molecule has 0 saturated carbocycles. The van der Waals surface area contributed by atoms with Crippen molar-refractivity contribution >= 4 is 11.9 Å².